The lowest BCUT2D eigenvalue weighted by Crippen LogP contribution is -2.30. The number of ether oxygens (including phenoxy) is 1. The summed E-state index contributed by atoms with van der Waals surface area (Å²) in [4.78, 5) is 2.26. The Balaban J connectivity index is 1.62. The van der Waals surface area contributed by atoms with Gasteiger partial charge < -0.3 is 24.4 Å². The molecule has 0 atom stereocenters. The molecule has 0 fully saturated rings. The van der Waals surface area contributed by atoms with Crippen LogP contribution >= 0.6 is 0 Å². The standard InChI is InChI=1S/C28H32N2O3/c1-19(2)29(4)15-16-33-25-12-5-21(6-13-25)18-30-27-14-11-24(32)17-26(27)20(3)28(30)22-7-9-23(31)10-8-22/h5-14,17,19,31-32H,15-16,18H2,1-4H3. The summed E-state index contributed by atoms with van der Waals surface area (Å²) < 4.78 is 8.19. The average molecular weight is 445 g/mol. The van der Waals surface area contributed by atoms with Crippen molar-refractivity contribution in [2.45, 2.75) is 33.4 Å². The van der Waals surface area contributed by atoms with Crippen LogP contribution in [0.3, 0.4) is 0 Å². The molecule has 3 aromatic carbocycles. The third-order valence-electron chi connectivity index (χ3n) is 6.30. The van der Waals surface area contributed by atoms with Crippen molar-refractivity contribution >= 4 is 10.9 Å². The maximum atomic E-state index is 10.1. The van der Waals surface area contributed by atoms with Crippen molar-refractivity contribution in [1.82, 2.24) is 9.47 Å². The van der Waals surface area contributed by atoms with Gasteiger partial charge in [-0.25, -0.2) is 0 Å². The molecular weight excluding hydrogens is 412 g/mol. The molecule has 0 bridgehead atoms. The van der Waals surface area contributed by atoms with Crippen LogP contribution in [0.15, 0.2) is 66.7 Å². The zero-order valence-electron chi connectivity index (χ0n) is 19.7. The van der Waals surface area contributed by atoms with Crippen LogP contribution in [-0.2, 0) is 6.54 Å². The van der Waals surface area contributed by atoms with E-state index in [1.54, 1.807) is 18.2 Å². The molecule has 0 radical (unpaired) electrons. The monoisotopic (exact) mass is 444 g/mol. The number of aromatic nitrogens is 1. The lowest BCUT2D eigenvalue weighted by molar-refractivity contribution is 0.208. The van der Waals surface area contributed by atoms with Gasteiger partial charge in [0.05, 0.1) is 5.69 Å². The first-order chi connectivity index (χ1) is 15.8. The highest BCUT2D eigenvalue weighted by Gasteiger charge is 2.17. The summed E-state index contributed by atoms with van der Waals surface area (Å²) in [7, 11) is 2.10. The first kappa shape index (κ1) is 22.7. The van der Waals surface area contributed by atoms with Crippen LogP contribution in [0.2, 0.25) is 0 Å². The third kappa shape index (κ3) is 4.99. The first-order valence-electron chi connectivity index (χ1n) is 11.4. The lowest BCUT2D eigenvalue weighted by atomic mass is 10.1. The first-order valence-corrected chi connectivity index (χ1v) is 11.4. The van der Waals surface area contributed by atoms with Crippen molar-refractivity contribution < 1.29 is 14.9 Å². The van der Waals surface area contributed by atoms with E-state index in [1.807, 2.05) is 36.4 Å². The van der Waals surface area contributed by atoms with Crippen LogP contribution < -0.4 is 4.74 Å². The SMILES string of the molecule is Cc1c(-c2ccc(O)cc2)n(Cc2ccc(OCCN(C)C(C)C)cc2)c2ccc(O)cc12. The molecule has 0 unspecified atom stereocenters. The highest BCUT2D eigenvalue weighted by molar-refractivity contribution is 5.92. The number of hydrogen-bond donors (Lipinski definition) is 2. The molecule has 0 aliphatic carbocycles. The fraction of sp³-hybridized carbons (Fsp3) is 0.286. The van der Waals surface area contributed by atoms with E-state index in [1.165, 1.54) is 0 Å². The van der Waals surface area contributed by atoms with Gasteiger partial charge in [-0.1, -0.05) is 12.1 Å². The van der Waals surface area contributed by atoms with Crippen LogP contribution in [-0.4, -0.2) is 45.9 Å². The average Bonchev–Trinajstić information content (AvgIpc) is 3.06. The quantitative estimate of drug-likeness (QED) is 0.361. The molecule has 172 valence electrons. The van der Waals surface area contributed by atoms with E-state index in [2.05, 4.69) is 49.4 Å². The number of likely N-dealkylation sites (N-methyl/N-ethyl adjacent to an activating group) is 1. The van der Waals surface area contributed by atoms with Crippen molar-refractivity contribution in [3.05, 3.63) is 77.9 Å². The molecule has 2 N–H and O–H groups in total. The fourth-order valence-corrected chi connectivity index (χ4v) is 4.11. The zero-order valence-corrected chi connectivity index (χ0v) is 19.7. The second-order valence-corrected chi connectivity index (χ2v) is 8.87. The van der Waals surface area contributed by atoms with Gasteiger partial charge >= 0.3 is 0 Å². The van der Waals surface area contributed by atoms with Crippen molar-refractivity contribution in [2.24, 2.45) is 0 Å². The van der Waals surface area contributed by atoms with E-state index in [4.69, 9.17) is 4.74 Å². The van der Waals surface area contributed by atoms with Crippen LogP contribution in [0.25, 0.3) is 22.2 Å². The largest absolute Gasteiger partial charge is 0.508 e. The van der Waals surface area contributed by atoms with Gasteiger partial charge in [-0.05, 0) is 99.1 Å². The fourth-order valence-electron chi connectivity index (χ4n) is 4.11. The molecule has 0 aliphatic heterocycles. The second-order valence-electron chi connectivity index (χ2n) is 8.87. The van der Waals surface area contributed by atoms with Gasteiger partial charge in [-0.15, -0.1) is 0 Å². The predicted octanol–water partition coefficient (Wildman–Crippen LogP) is 5.80. The molecule has 0 saturated carbocycles. The summed E-state index contributed by atoms with van der Waals surface area (Å²) >= 11 is 0. The van der Waals surface area contributed by atoms with Gasteiger partial charge in [-0.2, -0.15) is 0 Å². The Bertz CT molecular complexity index is 1220. The molecule has 1 heterocycles. The Hall–Kier alpha value is -3.44. The Morgan fingerprint density at radius 3 is 2.24 bits per heavy atom. The highest BCUT2D eigenvalue weighted by Crippen LogP contribution is 2.36. The molecule has 0 spiro atoms. The van der Waals surface area contributed by atoms with Gasteiger partial charge in [0.2, 0.25) is 0 Å². The molecule has 0 aliphatic rings. The van der Waals surface area contributed by atoms with E-state index >= 15 is 0 Å². The number of aromatic hydroxyl groups is 2. The van der Waals surface area contributed by atoms with E-state index in [9.17, 15) is 10.2 Å². The molecule has 4 rings (SSSR count). The maximum absolute atomic E-state index is 10.1. The van der Waals surface area contributed by atoms with E-state index in [-0.39, 0.29) is 11.5 Å². The topological polar surface area (TPSA) is 57.9 Å². The molecule has 1 aromatic heterocycles. The third-order valence-corrected chi connectivity index (χ3v) is 6.30. The number of hydrogen-bond acceptors (Lipinski definition) is 4. The van der Waals surface area contributed by atoms with Crippen molar-refractivity contribution in [3.8, 4) is 28.5 Å². The van der Waals surface area contributed by atoms with Gasteiger partial charge in [-0.3, -0.25) is 0 Å². The summed E-state index contributed by atoms with van der Waals surface area (Å²) in [6, 6.07) is 21.5. The number of phenols is 2. The van der Waals surface area contributed by atoms with Gasteiger partial charge in [0.1, 0.15) is 23.9 Å². The molecule has 33 heavy (non-hydrogen) atoms. The summed E-state index contributed by atoms with van der Waals surface area (Å²) in [5.74, 6) is 1.37. The molecular formula is C28H32N2O3. The van der Waals surface area contributed by atoms with Gasteiger partial charge in [0.15, 0.2) is 0 Å². The Labute approximate surface area is 195 Å². The van der Waals surface area contributed by atoms with Gasteiger partial charge in [0, 0.05) is 30.0 Å². The summed E-state index contributed by atoms with van der Waals surface area (Å²) in [6.45, 7) is 8.65. The Morgan fingerprint density at radius 1 is 0.909 bits per heavy atom. The van der Waals surface area contributed by atoms with E-state index in [0.29, 0.717) is 19.2 Å². The molecule has 5 nitrogen and oxygen atoms in total. The van der Waals surface area contributed by atoms with Crippen molar-refractivity contribution in [2.75, 3.05) is 20.2 Å². The van der Waals surface area contributed by atoms with Crippen LogP contribution in [0, 0.1) is 6.92 Å². The normalized spacial score (nSPS) is 11.6. The van der Waals surface area contributed by atoms with Crippen molar-refractivity contribution in [3.63, 3.8) is 0 Å². The Kier molecular flexibility index (Phi) is 6.61. The highest BCUT2D eigenvalue weighted by atomic mass is 16.5. The van der Waals surface area contributed by atoms with E-state index in [0.717, 1.165) is 45.6 Å². The number of rotatable bonds is 8. The van der Waals surface area contributed by atoms with Crippen LogP contribution in [0.1, 0.15) is 25.0 Å². The summed E-state index contributed by atoms with van der Waals surface area (Å²) in [5.41, 5.74) is 5.42. The molecule has 4 aromatic rings. The maximum Gasteiger partial charge on any atom is 0.119 e. The number of fused-ring (bicyclic) bond motifs is 1. The minimum Gasteiger partial charge on any atom is -0.508 e. The predicted molar refractivity (Wildman–Crippen MR) is 134 cm³/mol. The number of phenolic OH excluding ortho intramolecular Hbond substituents is 2. The number of nitrogens with zero attached hydrogens (tertiary/aromatic N) is 2. The number of benzene rings is 3. The lowest BCUT2D eigenvalue weighted by Gasteiger charge is -2.20. The minimum atomic E-state index is 0.242. The smallest absolute Gasteiger partial charge is 0.119 e. The van der Waals surface area contributed by atoms with Crippen LogP contribution in [0.4, 0.5) is 0 Å². The molecule has 0 amide bonds. The zero-order chi connectivity index (χ0) is 23.5. The minimum absolute atomic E-state index is 0.242. The van der Waals surface area contributed by atoms with Crippen LogP contribution in [0.5, 0.6) is 17.2 Å². The molecule has 0 saturated heterocycles. The Morgan fingerprint density at radius 2 is 1.58 bits per heavy atom. The van der Waals surface area contributed by atoms with Gasteiger partial charge in [0.25, 0.3) is 0 Å². The summed E-state index contributed by atoms with van der Waals surface area (Å²) in [5, 5.41) is 20.8. The second kappa shape index (κ2) is 9.59. The number of aryl methyl sites for hydroxylation is 1. The molecule has 5 heteroatoms. The van der Waals surface area contributed by atoms with E-state index < -0.39 is 0 Å². The van der Waals surface area contributed by atoms with Crippen molar-refractivity contribution in [1.29, 1.82) is 0 Å². The summed E-state index contributed by atoms with van der Waals surface area (Å²) in [6.07, 6.45) is 0.